The van der Waals surface area contributed by atoms with E-state index in [4.69, 9.17) is 4.74 Å². The molecule has 1 unspecified atom stereocenters. The van der Waals surface area contributed by atoms with Crippen molar-refractivity contribution in [2.24, 2.45) is 4.99 Å². The second kappa shape index (κ2) is 9.26. The summed E-state index contributed by atoms with van der Waals surface area (Å²) in [6.45, 7) is 5.33. The van der Waals surface area contributed by atoms with E-state index in [2.05, 4.69) is 27.0 Å². The Morgan fingerprint density at radius 3 is 2.64 bits per heavy atom. The van der Waals surface area contributed by atoms with Crippen LogP contribution >= 0.6 is 0 Å². The third kappa shape index (κ3) is 5.25. The molecule has 0 spiro atoms. The quantitative estimate of drug-likeness (QED) is 0.531. The molecule has 2 aromatic carbocycles. The van der Waals surface area contributed by atoms with E-state index in [-0.39, 0.29) is 17.9 Å². The number of benzene rings is 2. The number of anilines is 1. The summed E-state index contributed by atoms with van der Waals surface area (Å²) in [7, 11) is 1.75. The number of para-hydroxylation sites is 1. The Balaban J connectivity index is 1.53. The topological polar surface area (TPSA) is 74.8 Å². The number of ether oxygens (including phenoxy) is 1. The van der Waals surface area contributed by atoms with Crippen molar-refractivity contribution in [3.05, 3.63) is 59.7 Å². The molecular formula is C22H28N4O2. The standard InChI is InChI=1S/C22H28N4O2/c1-15(2)28-18-10-8-16(9-11-18)13-24-22(23-3)25-14-17-12-21(27)26-20-7-5-4-6-19(17)20/h4-11,15,17H,12-14H2,1-3H3,(H,26,27)(H2,23,24,25). The second-order valence-electron chi connectivity index (χ2n) is 7.15. The molecule has 3 rings (SSSR count). The lowest BCUT2D eigenvalue weighted by atomic mass is 9.90. The maximum Gasteiger partial charge on any atom is 0.225 e. The molecule has 1 amide bonds. The van der Waals surface area contributed by atoms with Crippen LogP contribution in [-0.4, -0.2) is 31.6 Å². The zero-order valence-electron chi connectivity index (χ0n) is 16.7. The van der Waals surface area contributed by atoms with Gasteiger partial charge in [0.15, 0.2) is 5.96 Å². The Labute approximate surface area is 166 Å². The first-order valence-electron chi connectivity index (χ1n) is 9.64. The molecule has 28 heavy (non-hydrogen) atoms. The van der Waals surface area contributed by atoms with E-state index in [1.165, 1.54) is 0 Å². The van der Waals surface area contributed by atoms with Gasteiger partial charge < -0.3 is 20.7 Å². The SMILES string of the molecule is CN=C(NCc1ccc(OC(C)C)cc1)NCC1CC(=O)Nc2ccccc21. The van der Waals surface area contributed by atoms with Crippen LogP contribution in [0.2, 0.25) is 0 Å². The maximum absolute atomic E-state index is 12.0. The number of nitrogens with zero attached hydrogens (tertiary/aromatic N) is 1. The molecule has 2 aromatic rings. The fourth-order valence-electron chi connectivity index (χ4n) is 3.27. The van der Waals surface area contributed by atoms with Crippen LogP contribution in [0.3, 0.4) is 0 Å². The van der Waals surface area contributed by atoms with Crippen molar-refractivity contribution < 1.29 is 9.53 Å². The molecule has 3 N–H and O–H groups in total. The summed E-state index contributed by atoms with van der Waals surface area (Å²) < 4.78 is 5.67. The smallest absolute Gasteiger partial charge is 0.225 e. The van der Waals surface area contributed by atoms with E-state index in [9.17, 15) is 4.79 Å². The number of aliphatic imine (C=N–C) groups is 1. The number of nitrogens with one attached hydrogen (secondary N) is 3. The largest absolute Gasteiger partial charge is 0.491 e. The number of carbonyl (C=O) groups excluding carboxylic acids is 1. The molecule has 0 aromatic heterocycles. The number of hydrogen-bond acceptors (Lipinski definition) is 3. The second-order valence-corrected chi connectivity index (χ2v) is 7.15. The highest BCUT2D eigenvalue weighted by Gasteiger charge is 2.24. The van der Waals surface area contributed by atoms with Gasteiger partial charge in [0.25, 0.3) is 0 Å². The maximum atomic E-state index is 12.0. The van der Waals surface area contributed by atoms with Gasteiger partial charge in [0.1, 0.15) is 5.75 Å². The van der Waals surface area contributed by atoms with Crippen LogP contribution in [0.1, 0.15) is 37.3 Å². The molecular weight excluding hydrogens is 352 g/mol. The van der Waals surface area contributed by atoms with Gasteiger partial charge in [-0.1, -0.05) is 30.3 Å². The lowest BCUT2D eigenvalue weighted by molar-refractivity contribution is -0.116. The highest BCUT2D eigenvalue weighted by molar-refractivity contribution is 5.94. The lowest BCUT2D eigenvalue weighted by Crippen LogP contribution is -2.40. The number of guanidine groups is 1. The van der Waals surface area contributed by atoms with Crippen molar-refractivity contribution in [1.29, 1.82) is 0 Å². The minimum absolute atomic E-state index is 0.0529. The highest BCUT2D eigenvalue weighted by Crippen LogP contribution is 2.31. The van der Waals surface area contributed by atoms with Crippen LogP contribution in [0.25, 0.3) is 0 Å². The van der Waals surface area contributed by atoms with Crippen molar-refractivity contribution in [3.8, 4) is 5.75 Å². The van der Waals surface area contributed by atoms with Crippen molar-refractivity contribution >= 4 is 17.6 Å². The van der Waals surface area contributed by atoms with E-state index < -0.39 is 0 Å². The fraction of sp³-hybridized carbons (Fsp3) is 0.364. The van der Waals surface area contributed by atoms with E-state index >= 15 is 0 Å². The zero-order chi connectivity index (χ0) is 19.9. The predicted octanol–water partition coefficient (Wildman–Crippen LogP) is 3.26. The molecule has 148 valence electrons. The first-order chi connectivity index (χ1) is 13.5. The van der Waals surface area contributed by atoms with Gasteiger partial charge in [0.05, 0.1) is 6.10 Å². The number of hydrogen-bond donors (Lipinski definition) is 3. The summed E-state index contributed by atoms with van der Waals surface area (Å²) >= 11 is 0. The van der Waals surface area contributed by atoms with Gasteiger partial charge in [-0.15, -0.1) is 0 Å². The molecule has 0 fully saturated rings. The van der Waals surface area contributed by atoms with Crippen molar-refractivity contribution in [1.82, 2.24) is 10.6 Å². The van der Waals surface area contributed by atoms with Crippen molar-refractivity contribution in [3.63, 3.8) is 0 Å². The summed E-state index contributed by atoms with van der Waals surface area (Å²) in [4.78, 5) is 16.2. The summed E-state index contributed by atoms with van der Waals surface area (Å²) in [5.41, 5.74) is 3.20. The summed E-state index contributed by atoms with van der Waals surface area (Å²) in [5, 5.41) is 9.59. The third-order valence-corrected chi connectivity index (χ3v) is 4.60. The molecule has 1 heterocycles. The molecule has 0 aliphatic carbocycles. The zero-order valence-corrected chi connectivity index (χ0v) is 16.7. The minimum Gasteiger partial charge on any atom is -0.491 e. The van der Waals surface area contributed by atoms with Gasteiger partial charge in [-0.25, -0.2) is 0 Å². The predicted molar refractivity (Wildman–Crippen MR) is 113 cm³/mol. The van der Waals surface area contributed by atoms with Gasteiger partial charge in [0, 0.05) is 38.2 Å². The average Bonchev–Trinajstić information content (AvgIpc) is 2.68. The molecule has 1 aliphatic heterocycles. The highest BCUT2D eigenvalue weighted by atomic mass is 16.5. The van der Waals surface area contributed by atoms with Gasteiger partial charge >= 0.3 is 0 Å². The number of fused-ring (bicyclic) bond motifs is 1. The summed E-state index contributed by atoms with van der Waals surface area (Å²) in [6.07, 6.45) is 0.636. The molecule has 0 saturated carbocycles. The number of carbonyl (C=O) groups is 1. The molecule has 0 bridgehead atoms. The summed E-state index contributed by atoms with van der Waals surface area (Å²) in [5.74, 6) is 1.76. The molecule has 0 radical (unpaired) electrons. The Morgan fingerprint density at radius 2 is 1.93 bits per heavy atom. The first kappa shape index (κ1) is 19.7. The van der Waals surface area contributed by atoms with E-state index in [1.54, 1.807) is 7.05 Å². The Hall–Kier alpha value is -3.02. The van der Waals surface area contributed by atoms with E-state index in [0.717, 1.165) is 22.6 Å². The monoisotopic (exact) mass is 380 g/mol. The number of rotatable bonds is 6. The molecule has 0 saturated heterocycles. The third-order valence-electron chi connectivity index (χ3n) is 4.60. The van der Waals surface area contributed by atoms with Crippen molar-refractivity contribution in [2.45, 2.75) is 38.8 Å². The Kier molecular flexibility index (Phi) is 6.53. The minimum atomic E-state index is 0.0529. The van der Waals surface area contributed by atoms with E-state index in [1.807, 2.05) is 56.3 Å². The lowest BCUT2D eigenvalue weighted by Gasteiger charge is -2.26. The Bertz CT molecular complexity index is 831. The fourth-order valence-corrected chi connectivity index (χ4v) is 3.27. The molecule has 1 atom stereocenters. The van der Waals surface area contributed by atoms with Gasteiger partial charge in [0.2, 0.25) is 5.91 Å². The number of amides is 1. The van der Waals surface area contributed by atoms with Gasteiger partial charge in [-0.2, -0.15) is 0 Å². The normalized spacial score (nSPS) is 16.4. The Morgan fingerprint density at radius 1 is 1.18 bits per heavy atom. The van der Waals surface area contributed by atoms with Crippen LogP contribution in [0.5, 0.6) is 5.75 Å². The van der Waals surface area contributed by atoms with Crippen LogP contribution in [0, 0.1) is 0 Å². The van der Waals surface area contributed by atoms with Crippen LogP contribution in [0.4, 0.5) is 5.69 Å². The van der Waals surface area contributed by atoms with Crippen LogP contribution in [-0.2, 0) is 11.3 Å². The van der Waals surface area contributed by atoms with Crippen LogP contribution < -0.4 is 20.7 Å². The van der Waals surface area contributed by atoms with E-state index in [0.29, 0.717) is 25.5 Å². The van der Waals surface area contributed by atoms with Gasteiger partial charge in [-0.3, -0.25) is 9.79 Å². The first-order valence-corrected chi connectivity index (χ1v) is 9.64. The molecule has 6 heteroatoms. The molecule has 1 aliphatic rings. The summed E-state index contributed by atoms with van der Waals surface area (Å²) in [6, 6.07) is 16.0. The molecule has 6 nitrogen and oxygen atoms in total. The van der Waals surface area contributed by atoms with Crippen LogP contribution in [0.15, 0.2) is 53.5 Å². The van der Waals surface area contributed by atoms with Gasteiger partial charge in [-0.05, 0) is 43.2 Å². The van der Waals surface area contributed by atoms with Crippen molar-refractivity contribution in [2.75, 3.05) is 18.9 Å². The average molecular weight is 380 g/mol.